The zero-order chi connectivity index (χ0) is 19.6. The summed E-state index contributed by atoms with van der Waals surface area (Å²) in [5.41, 5.74) is 1.19. The second-order valence-electron chi connectivity index (χ2n) is 7.35. The van der Waals surface area contributed by atoms with E-state index < -0.39 is 0 Å². The van der Waals surface area contributed by atoms with Crippen molar-refractivity contribution < 1.29 is 9.47 Å². The summed E-state index contributed by atoms with van der Waals surface area (Å²) in [7, 11) is 0. The van der Waals surface area contributed by atoms with Gasteiger partial charge in [-0.1, -0.05) is 17.7 Å². The van der Waals surface area contributed by atoms with Gasteiger partial charge in [-0.15, -0.1) is 24.0 Å². The minimum absolute atomic E-state index is 0. The minimum atomic E-state index is 0. The van der Waals surface area contributed by atoms with Gasteiger partial charge in [0.05, 0.1) is 13.2 Å². The molecule has 6 nitrogen and oxygen atoms in total. The number of ether oxygens (including phenoxy) is 2. The molecule has 164 valence electrons. The third-order valence-electron chi connectivity index (χ3n) is 5.17. The van der Waals surface area contributed by atoms with Gasteiger partial charge in [0.2, 0.25) is 0 Å². The van der Waals surface area contributed by atoms with E-state index in [1.165, 1.54) is 5.69 Å². The van der Waals surface area contributed by atoms with Crippen molar-refractivity contribution >= 4 is 47.2 Å². The van der Waals surface area contributed by atoms with Gasteiger partial charge in [-0.2, -0.15) is 0 Å². The zero-order valence-corrected chi connectivity index (χ0v) is 20.4. The number of hydrogen-bond acceptors (Lipinski definition) is 4. The van der Waals surface area contributed by atoms with Crippen molar-refractivity contribution in [1.29, 1.82) is 0 Å². The molecule has 2 aliphatic heterocycles. The minimum Gasteiger partial charge on any atom is -0.381 e. The molecule has 1 aromatic rings. The van der Waals surface area contributed by atoms with Gasteiger partial charge in [0, 0.05) is 69.1 Å². The Hall–Kier alpha value is -0.770. The number of piperazine rings is 1. The molecule has 0 bridgehead atoms. The van der Waals surface area contributed by atoms with Crippen LogP contribution in [0.15, 0.2) is 29.3 Å². The first-order valence-electron chi connectivity index (χ1n) is 10.5. The van der Waals surface area contributed by atoms with Crippen molar-refractivity contribution in [3.05, 3.63) is 29.3 Å². The van der Waals surface area contributed by atoms with Crippen molar-refractivity contribution in [1.82, 2.24) is 10.2 Å². The number of hydrogen-bond donors (Lipinski definition) is 1. The molecule has 8 heteroatoms. The number of aliphatic imine (C=N–C) groups is 1. The predicted molar refractivity (Wildman–Crippen MR) is 131 cm³/mol. The second kappa shape index (κ2) is 13.5. The second-order valence-corrected chi connectivity index (χ2v) is 7.78. The van der Waals surface area contributed by atoms with Crippen LogP contribution in [0.25, 0.3) is 0 Å². The quantitative estimate of drug-likeness (QED) is 0.239. The lowest BCUT2D eigenvalue weighted by Crippen LogP contribution is -2.52. The molecule has 2 fully saturated rings. The van der Waals surface area contributed by atoms with Crippen LogP contribution in [-0.4, -0.2) is 76.6 Å². The summed E-state index contributed by atoms with van der Waals surface area (Å²) in [5.74, 6) is 1.59. The maximum absolute atomic E-state index is 6.13. The Morgan fingerprint density at radius 1 is 1.31 bits per heavy atom. The molecule has 1 unspecified atom stereocenters. The number of benzene rings is 1. The van der Waals surface area contributed by atoms with Gasteiger partial charge in [0.1, 0.15) is 0 Å². The van der Waals surface area contributed by atoms with Gasteiger partial charge in [-0.05, 0) is 38.0 Å². The third-order valence-corrected chi connectivity index (χ3v) is 5.41. The fourth-order valence-electron chi connectivity index (χ4n) is 3.59. The van der Waals surface area contributed by atoms with E-state index in [4.69, 9.17) is 26.1 Å². The van der Waals surface area contributed by atoms with Gasteiger partial charge in [-0.25, -0.2) is 0 Å². The van der Waals surface area contributed by atoms with E-state index >= 15 is 0 Å². The van der Waals surface area contributed by atoms with E-state index in [0.717, 1.165) is 89.5 Å². The maximum atomic E-state index is 6.13. The zero-order valence-electron chi connectivity index (χ0n) is 17.3. The van der Waals surface area contributed by atoms with E-state index in [9.17, 15) is 0 Å². The van der Waals surface area contributed by atoms with E-state index in [1.807, 2.05) is 18.2 Å². The molecule has 0 aliphatic carbocycles. The molecular weight excluding hydrogens is 503 g/mol. The van der Waals surface area contributed by atoms with Crippen LogP contribution in [-0.2, 0) is 9.47 Å². The summed E-state index contributed by atoms with van der Waals surface area (Å²) in [4.78, 5) is 9.54. The first kappa shape index (κ1) is 24.5. The lowest BCUT2D eigenvalue weighted by atomic mass is 10.1. The molecule has 1 N–H and O–H groups in total. The molecule has 1 atom stereocenters. The average Bonchev–Trinajstić information content (AvgIpc) is 3.23. The number of halogens is 2. The van der Waals surface area contributed by atoms with Crippen molar-refractivity contribution in [2.24, 2.45) is 10.9 Å². The Morgan fingerprint density at radius 2 is 2.14 bits per heavy atom. The van der Waals surface area contributed by atoms with Gasteiger partial charge in [0.15, 0.2) is 5.96 Å². The Balaban J connectivity index is 0.00000300. The van der Waals surface area contributed by atoms with Crippen molar-refractivity contribution in [2.45, 2.75) is 19.8 Å². The van der Waals surface area contributed by atoms with Crippen LogP contribution in [0.2, 0.25) is 5.02 Å². The standard InChI is InChI=1S/C21H33ClN4O2.HI/c1-2-23-21(24-8-4-13-27-16-18-7-14-28-17-18)26-11-9-25(10-12-26)20-6-3-5-19(22)15-20;/h3,5-6,15,18H,2,4,7-14,16-17H2,1H3,(H,23,24);1H. The number of rotatable bonds is 8. The van der Waals surface area contributed by atoms with Crippen LogP contribution in [0.1, 0.15) is 19.8 Å². The van der Waals surface area contributed by atoms with Crippen LogP contribution >= 0.6 is 35.6 Å². The molecule has 1 aromatic carbocycles. The number of guanidine groups is 1. The highest BCUT2D eigenvalue weighted by molar-refractivity contribution is 14.0. The molecule has 2 saturated heterocycles. The molecule has 3 rings (SSSR count). The highest BCUT2D eigenvalue weighted by Gasteiger charge is 2.20. The topological polar surface area (TPSA) is 49.3 Å². The number of nitrogens with zero attached hydrogens (tertiary/aromatic N) is 3. The van der Waals surface area contributed by atoms with E-state index in [2.05, 4.69) is 28.1 Å². The molecule has 0 radical (unpaired) electrons. The molecule has 0 saturated carbocycles. The monoisotopic (exact) mass is 536 g/mol. The Morgan fingerprint density at radius 3 is 2.83 bits per heavy atom. The summed E-state index contributed by atoms with van der Waals surface area (Å²) in [6.45, 7) is 11.0. The van der Waals surface area contributed by atoms with Gasteiger partial charge in [-0.3, -0.25) is 4.99 Å². The number of anilines is 1. The maximum Gasteiger partial charge on any atom is 0.194 e. The largest absolute Gasteiger partial charge is 0.381 e. The van der Waals surface area contributed by atoms with Gasteiger partial charge in [0.25, 0.3) is 0 Å². The lowest BCUT2D eigenvalue weighted by molar-refractivity contribution is 0.0893. The molecule has 2 heterocycles. The molecule has 0 aromatic heterocycles. The van der Waals surface area contributed by atoms with Crippen LogP contribution in [0.3, 0.4) is 0 Å². The fourth-order valence-corrected chi connectivity index (χ4v) is 3.78. The summed E-state index contributed by atoms with van der Waals surface area (Å²) in [5, 5.41) is 4.22. The van der Waals surface area contributed by atoms with E-state index in [-0.39, 0.29) is 24.0 Å². The Labute approximate surface area is 197 Å². The predicted octanol–water partition coefficient (Wildman–Crippen LogP) is 3.49. The van der Waals surface area contributed by atoms with Crippen molar-refractivity contribution in [3.8, 4) is 0 Å². The summed E-state index contributed by atoms with van der Waals surface area (Å²) >= 11 is 6.13. The highest BCUT2D eigenvalue weighted by Crippen LogP contribution is 2.20. The van der Waals surface area contributed by atoms with E-state index in [1.54, 1.807) is 0 Å². The van der Waals surface area contributed by atoms with Crippen molar-refractivity contribution in [3.63, 3.8) is 0 Å². The SMILES string of the molecule is CCNC(=NCCCOCC1CCOC1)N1CCN(c2cccc(Cl)c2)CC1.I. The van der Waals surface area contributed by atoms with Gasteiger partial charge >= 0.3 is 0 Å². The summed E-state index contributed by atoms with van der Waals surface area (Å²) in [6.07, 6.45) is 2.08. The molecule has 2 aliphatic rings. The first-order chi connectivity index (χ1) is 13.8. The molecule has 0 spiro atoms. The number of nitrogens with one attached hydrogen (secondary N) is 1. The molecule has 0 amide bonds. The third kappa shape index (κ3) is 8.11. The highest BCUT2D eigenvalue weighted by atomic mass is 127. The fraction of sp³-hybridized carbons (Fsp3) is 0.667. The normalized spacial score (nSPS) is 19.9. The van der Waals surface area contributed by atoms with E-state index in [0.29, 0.717) is 5.92 Å². The first-order valence-corrected chi connectivity index (χ1v) is 10.8. The molecule has 29 heavy (non-hydrogen) atoms. The summed E-state index contributed by atoms with van der Waals surface area (Å²) in [6, 6.07) is 8.09. The van der Waals surface area contributed by atoms with Gasteiger partial charge < -0.3 is 24.6 Å². The van der Waals surface area contributed by atoms with Crippen LogP contribution in [0, 0.1) is 5.92 Å². The van der Waals surface area contributed by atoms with Crippen LogP contribution in [0.4, 0.5) is 5.69 Å². The summed E-state index contributed by atoms with van der Waals surface area (Å²) < 4.78 is 11.2. The van der Waals surface area contributed by atoms with Crippen molar-refractivity contribution in [2.75, 3.05) is 70.6 Å². The Kier molecular flexibility index (Phi) is 11.4. The molecular formula is C21H34ClIN4O2. The lowest BCUT2D eigenvalue weighted by Gasteiger charge is -2.37. The average molecular weight is 537 g/mol. The van der Waals surface area contributed by atoms with Crippen LogP contribution < -0.4 is 10.2 Å². The Bertz CT molecular complexity index is 620. The van der Waals surface area contributed by atoms with Crippen LogP contribution in [0.5, 0.6) is 0 Å². The smallest absolute Gasteiger partial charge is 0.194 e.